The number of hydrogen-bond donors (Lipinski definition) is 1. The minimum Gasteiger partial charge on any atom is -0.309 e. The summed E-state index contributed by atoms with van der Waals surface area (Å²) in [6.07, 6.45) is 6.09. The topological polar surface area (TPSA) is 45.8 Å². The van der Waals surface area contributed by atoms with E-state index in [0.29, 0.717) is 10.4 Å². The second-order valence-corrected chi connectivity index (χ2v) is 7.79. The van der Waals surface area contributed by atoms with Gasteiger partial charge in [0.15, 0.2) is 0 Å². The number of rotatable bonds is 2. The molecule has 0 bridgehead atoms. The van der Waals surface area contributed by atoms with Gasteiger partial charge in [0.1, 0.15) is 10.3 Å². The maximum atomic E-state index is 12.2. The van der Waals surface area contributed by atoms with Gasteiger partial charge in [-0.2, -0.15) is 0 Å². The van der Waals surface area contributed by atoms with Crippen molar-refractivity contribution in [2.75, 3.05) is 0 Å². The molecule has 1 aliphatic rings. The Bertz CT molecular complexity index is 530. The van der Waals surface area contributed by atoms with E-state index in [9.17, 15) is 4.79 Å². The molecule has 4 heteroatoms. The average Bonchev–Trinajstić information content (AvgIpc) is 2.40. The number of nitrogens with one attached hydrogen (secondary N) is 1. The number of H-pyrrole nitrogens is 1. The van der Waals surface area contributed by atoms with Crippen LogP contribution in [0.2, 0.25) is 0 Å². The molecule has 1 aliphatic carbocycles. The number of halogens is 1. The molecule has 2 unspecified atom stereocenters. The van der Waals surface area contributed by atoms with Crippen molar-refractivity contribution >= 4 is 15.9 Å². The van der Waals surface area contributed by atoms with Crippen LogP contribution in [0.4, 0.5) is 0 Å². The lowest BCUT2D eigenvalue weighted by Gasteiger charge is -2.29. The zero-order chi connectivity index (χ0) is 14.9. The molecule has 1 heterocycles. The fourth-order valence-corrected chi connectivity index (χ4v) is 3.86. The van der Waals surface area contributed by atoms with E-state index in [-0.39, 0.29) is 11.0 Å². The Morgan fingerprint density at radius 1 is 1.35 bits per heavy atom. The summed E-state index contributed by atoms with van der Waals surface area (Å²) in [4.78, 5) is 19.9. The number of aromatic amines is 1. The zero-order valence-electron chi connectivity index (χ0n) is 12.9. The van der Waals surface area contributed by atoms with E-state index in [1.165, 1.54) is 19.3 Å². The van der Waals surface area contributed by atoms with Gasteiger partial charge in [0, 0.05) is 11.3 Å². The Morgan fingerprint density at radius 3 is 2.65 bits per heavy atom. The van der Waals surface area contributed by atoms with Crippen LogP contribution in [-0.4, -0.2) is 9.97 Å². The van der Waals surface area contributed by atoms with Gasteiger partial charge in [-0.05, 0) is 34.7 Å². The minimum absolute atomic E-state index is 0.0430. The average molecular weight is 341 g/mol. The van der Waals surface area contributed by atoms with Crippen LogP contribution in [-0.2, 0) is 5.41 Å². The fraction of sp³-hybridized carbons (Fsp3) is 0.750. The molecular weight excluding hydrogens is 316 g/mol. The lowest BCUT2D eigenvalue weighted by atomic mass is 9.79. The summed E-state index contributed by atoms with van der Waals surface area (Å²) in [5.74, 6) is 2.08. The summed E-state index contributed by atoms with van der Waals surface area (Å²) >= 11 is 3.39. The number of aromatic nitrogens is 2. The molecular formula is C16H25BrN2O. The highest BCUT2D eigenvalue weighted by Crippen LogP contribution is 2.36. The van der Waals surface area contributed by atoms with Gasteiger partial charge < -0.3 is 4.98 Å². The van der Waals surface area contributed by atoms with Gasteiger partial charge in [-0.3, -0.25) is 4.79 Å². The van der Waals surface area contributed by atoms with Gasteiger partial charge in [0.2, 0.25) is 0 Å². The van der Waals surface area contributed by atoms with Crippen molar-refractivity contribution in [3.8, 4) is 0 Å². The van der Waals surface area contributed by atoms with E-state index in [4.69, 9.17) is 4.98 Å². The summed E-state index contributed by atoms with van der Waals surface area (Å²) < 4.78 is 0.580. The van der Waals surface area contributed by atoms with Crippen LogP contribution in [0.3, 0.4) is 0 Å². The van der Waals surface area contributed by atoms with Gasteiger partial charge in [0.05, 0.1) is 5.69 Å². The van der Waals surface area contributed by atoms with Gasteiger partial charge in [-0.25, -0.2) is 4.98 Å². The Kier molecular flexibility index (Phi) is 4.73. The van der Waals surface area contributed by atoms with Gasteiger partial charge in [0.25, 0.3) is 5.56 Å². The highest BCUT2D eigenvalue weighted by molar-refractivity contribution is 9.10. The Morgan fingerprint density at radius 2 is 2.05 bits per heavy atom. The summed E-state index contributed by atoms with van der Waals surface area (Å²) in [5, 5.41) is 0. The van der Waals surface area contributed by atoms with E-state index in [1.54, 1.807) is 0 Å². The van der Waals surface area contributed by atoms with Crippen molar-refractivity contribution in [3.05, 3.63) is 26.3 Å². The molecule has 0 amide bonds. The third-order valence-electron chi connectivity index (χ3n) is 4.34. The molecule has 2 atom stereocenters. The molecule has 1 N–H and O–H groups in total. The largest absolute Gasteiger partial charge is 0.309 e. The Hall–Kier alpha value is -0.640. The molecule has 0 radical (unpaired) electrons. The molecule has 1 aromatic heterocycles. The van der Waals surface area contributed by atoms with Crippen molar-refractivity contribution in [2.45, 2.75) is 71.1 Å². The van der Waals surface area contributed by atoms with Crippen LogP contribution >= 0.6 is 15.9 Å². The molecule has 1 aromatic rings. The first kappa shape index (κ1) is 15.7. The van der Waals surface area contributed by atoms with Gasteiger partial charge in [-0.15, -0.1) is 0 Å². The molecule has 1 saturated carbocycles. The van der Waals surface area contributed by atoms with Crippen molar-refractivity contribution in [3.63, 3.8) is 0 Å². The van der Waals surface area contributed by atoms with Crippen LogP contribution in [0.15, 0.2) is 9.27 Å². The van der Waals surface area contributed by atoms with Crippen molar-refractivity contribution in [1.82, 2.24) is 9.97 Å². The van der Waals surface area contributed by atoms with E-state index in [2.05, 4.69) is 48.6 Å². The molecule has 0 aromatic carbocycles. The smallest absolute Gasteiger partial charge is 0.265 e. The minimum atomic E-state index is -0.124. The van der Waals surface area contributed by atoms with Crippen molar-refractivity contribution in [2.24, 2.45) is 5.92 Å². The molecule has 0 spiro atoms. The number of hydrogen-bond acceptors (Lipinski definition) is 2. The molecule has 0 aliphatic heterocycles. The first-order valence-corrected chi connectivity index (χ1v) is 8.42. The SMILES string of the molecule is CCC1CCCC(c2nc(C(C)(C)C)c(Br)c(=O)[nH]2)C1. The third-order valence-corrected chi connectivity index (χ3v) is 5.07. The lowest BCUT2D eigenvalue weighted by molar-refractivity contribution is 0.305. The molecule has 0 saturated heterocycles. The highest BCUT2D eigenvalue weighted by Gasteiger charge is 2.27. The summed E-state index contributed by atoms with van der Waals surface area (Å²) in [6, 6.07) is 0. The highest BCUT2D eigenvalue weighted by atomic mass is 79.9. The van der Waals surface area contributed by atoms with Crippen LogP contribution in [0.25, 0.3) is 0 Å². The van der Waals surface area contributed by atoms with E-state index in [0.717, 1.165) is 30.3 Å². The molecule has 2 rings (SSSR count). The second kappa shape index (κ2) is 6.00. The van der Waals surface area contributed by atoms with Crippen LogP contribution < -0.4 is 5.56 Å². The van der Waals surface area contributed by atoms with Crippen molar-refractivity contribution < 1.29 is 0 Å². The van der Waals surface area contributed by atoms with Crippen LogP contribution in [0.5, 0.6) is 0 Å². The maximum absolute atomic E-state index is 12.2. The van der Waals surface area contributed by atoms with Crippen molar-refractivity contribution in [1.29, 1.82) is 0 Å². The van der Waals surface area contributed by atoms with Crippen LogP contribution in [0.1, 0.15) is 77.2 Å². The summed E-state index contributed by atoms with van der Waals surface area (Å²) in [7, 11) is 0. The van der Waals surface area contributed by atoms with Gasteiger partial charge in [-0.1, -0.05) is 47.0 Å². The van der Waals surface area contributed by atoms with E-state index >= 15 is 0 Å². The molecule has 112 valence electrons. The predicted octanol–water partition coefficient (Wildman–Crippen LogP) is 4.51. The Labute approximate surface area is 129 Å². The predicted molar refractivity (Wildman–Crippen MR) is 86.2 cm³/mol. The van der Waals surface area contributed by atoms with Crippen LogP contribution in [0, 0.1) is 5.92 Å². The summed E-state index contributed by atoms with van der Waals surface area (Å²) in [6.45, 7) is 8.54. The van der Waals surface area contributed by atoms with E-state index in [1.807, 2.05) is 0 Å². The fourth-order valence-electron chi connectivity index (χ4n) is 3.08. The lowest BCUT2D eigenvalue weighted by Crippen LogP contribution is -2.26. The standard InChI is InChI=1S/C16H25BrN2O/c1-5-10-7-6-8-11(9-10)14-18-13(16(2,3)4)12(17)15(20)19-14/h10-11H,5-9H2,1-4H3,(H,18,19,20). The quantitative estimate of drug-likeness (QED) is 0.860. The first-order valence-electron chi connectivity index (χ1n) is 7.63. The number of nitrogens with zero attached hydrogens (tertiary/aromatic N) is 1. The summed E-state index contributed by atoms with van der Waals surface area (Å²) in [5.41, 5.74) is 0.703. The molecule has 1 fully saturated rings. The third kappa shape index (κ3) is 3.33. The Balaban J connectivity index is 2.38. The van der Waals surface area contributed by atoms with E-state index < -0.39 is 0 Å². The maximum Gasteiger partial charge on any atom is 0.265 e. The molecule has 20 heavy (non-hydrogen) atoms. The second-order valence-electron chi connectivity index (χ2n) is 7.00. The molecule has 3 nitrogen and oxygen atoms in total. The van der Waals surface area contributed by atoms with Gasteiger partial charge >= 0.3 is 0 Å². The monoisotopic (exact) mass is 340 g/mol. The first-order chi connectivity index (χ1) is 9.32. The zero-order valence-corrected chi connectivity index (χ0v) is 14.5. The normalized spacial score (nSPS) is 23.9.